The lowest BCUT2D eigenvalue weighted by Crippen LogP contribution is -2.44. The highest BCUT2D eigenvalue weighted by molar-refractivity contribution is 5.88. The molecule has 1 aliphatic heterocycles. The van der Waals surface area contributed by atoms with E-state index in [9.17, 15) is 0 Å². The number of anilines is 1. The number of hydrogen-bond donors (Lipinski definition) is 2. The lowest BCUT2D eigenvalue weighted by atomic mass is 9.94. The standard InChI is InChI=1S/C10H11N3O.C10H19NO/c11-10-8-5-7(3-4-14)1-2-9(8)12-6-13-10;1-2-4-10(5-3-1)11-6-8-12-9-7-11/h1-2,5-6,14H,3-4H2,(H2,11,12,13);10H,1-9H2. The number of nitrogen functional groups attached to an aromatic ring is 1. The molecule has 0 bridgehead atoms. The fraction of sp³-hybridized carbons (Fsp3) is 0.600. The zero-order chi connectivity index (χ0) is 18.2. The summed E-state index contributed by atoms with van der Waals surface area (Å²) in [5.74, 6) is 0.481. The minimum atomic E-state index is 0.138. The van der Waals surface area contributed by atoms with Gasteiger partial charge in [0.25, 0.3) is 0 Å². The summed E-state index contributed by atoms with van der Waals surface area (Å²) in [6.45, 7) is 4.39. The van der Waals surface area contributed by atoms with E-state index in [0.717, 1.165) is 35.7 Å². The van der Waals surface area contributed by atoms with E-state index in [-0.39, 0.29) is 6.61 Å². The van der Waals surface area contributed by atoms with Crippen LogP contribution in [0.5, 0.6) is 0 Å². The molecule has 2 aromatic rings. The predicted octanol–water partition coefficient (Wildman–Crippen LogP) is 2.40. The second-order valence-electron chi connectivity index (χ2n) is 7.02. The van der Waals surface area contributed by atoms with Crippen LogP contribution >= 0.6 is 0 Å². The van der Waals surface area contributed by atoms with Crippen molar-refractivity contribution in [1.82, 2.24) is 14.9 Å². The first kappa shape index (κ1) is 19.0. The van der Waals surface area contributed by atoms with Crippen molar-refractivity contribution in [1.29, 1.82) is 0 Å². The minimum absolute atomic E-state index is 0.138. The van der Waals surface area contributed by atoms with Gasteiger partial charge in [-0.1, -0.05) is 25.3 Å². The topological polar surface area (TPSA) is 84.5 Å². The highest BCUT2D eigenvalue weighted by Crippen LogP contribution is 2.23. The van der Waals surface area contributed by atoms with E-state index < -0.39 is 0 Å². The van der Waals surface area contributed by atoms with Crippen molar-refractivity contribution in [2.24, 2.45) is 0 Å². The first-order chi connectivity index (χ1) is 12.8. The SMILES string of the molecule is C1CCC(N2CCOCC2)CC1.Nc1ncnc2ccc(CCO)cc12. The van der Waals surface area contributed by atoms with Crippen LogP contribution in [0, 0.1) is 0 Å². The van der Waals surface area contributed by atoms with Gasteiger partial charge in [0, 0.05) is 31.1 Å². The van der Waals surface area contributed by atoms with Crippen LogP contribution in [-0.2, 0) is 11.2 Å². The van der Waals surface area contributed by atoms with Crippen molar-refractivity contribution in [3.8, 4) is 0 Å². The maximum absolute atomic E-state index is 8.80. The number of aromatic nitrogens is 2. The molecule has 2 fully saturated rings. The molecule has 3 N–H and O–H groups in total. The van der Waals surface area contributed by atoms with Crippen molar-refractivity contribution < 1.29 is 9.84 Å². The first-order valence-corrected chi connectivity index (χ1v) is 9.69. The van der Waals surface area contributed by atoms with E-state index >= 15 is 0 Å². The Bertz CT molecular complexity index is 667. The van der Waals surface area contributed by atoms with E-state index in [1.54, 1.807) is 0 Å². The Morgan fingerprint density at radius 3 is 2.62 bits per heavy atom. The van der Waals surface area contributed by atoms with Crippen molar-refractivity contribution in [2.75, 3.05) is 38.6 Å². The number of rotatable bonds is 3. The molecule has 2 aliphatic rings. The maximum atomic E-state index is 8.80. The van der Waals surface area contributed by atoms with Gasteiger partial charge in [-0.25, -0.2) is 9.97 Å². The molecule has 0 atom stereocenters. The zero-order valence-electron chi connectivity index (χ0n) is 15.4. The number of aliphatic hydroxyl groups is 1. The molecule has 0 spiro atoms. The summed E-state index contributed by atoms with van der Waals surface area (Å²) in [5, 5.41) is 9.64. The van der Waals surface area contributed by atoms with Crippen LogP contribution in [-0.4, -0.2) is 58.9 Å². The van der Waals surface area contributed by atoms with Crippen LogP contribution in [0.25, 0.3) is 10.9 Å². The Kier molecular flexibility index (Phi) is 7.17. The summed E-state index contributed by atoms with van der Waals surface area (Å²) in [6.07, 6.45) is 9.29. The fourth-order valence-electron chi connectivity index (χ4n) is 3.80. The fourth-order valence-corrected chi connectivity index (χ4v) is 3.80. The van der Waals surface area contributed by atoms with Gasteiger partial charge in [0.2, 0.25) is 0 Å². The zero-order valence-corrected chi connectivity index (χ0v) is 15.4. The molecule has 0 amide bonds. The van der Waals surface area contributed by atoms with Crippen molar-refractivity contribution >= 4 is 16.7 Å². The van der Waals surface area contributed by atoms with E-state index in [4.69, 9.17) is 15.6 Å². The smallest absolute Gasteiger partial charge is 0.134 e. The number of benzene rings is 1. The molecule has 0 unspecified atom stereocenters. The van der Waals surface area contributed by atoms with Crippen molar-refractivity contribution in [3.05, 3.63) is 30.1 Å². The van der Waals surface area contributed by atoms with Crippen molar-refractivity contribution in [3.63, 3.8) is 0 Å². The normalized spacial score (nSPS) is 19.1. The molecule has 1 aromatic heterocycles. The van der Waals surface area contributed by atoms with Gasteiger partial charge in [0.05, 0.1) is 18.7 Å². The van der Waals surface area contributed by atoms with Gasteiger partial charge in [-0.05, 0) is 37.0 Å². The lowest BCUT2D eigenvalue weighted by Gasteiger charge is -2.36. The van der Waals surface area contributed by atoms with Gasteiger partial charge in [-0.2, -0.15) is 0 Å². The second kappa shape index (κ2) is 9.80. The average Bonchev–Trinajstić information content (AvgIpc) is 2.71. The molecule has 1 saturated heterocycles. The Morgan fingerprint density at radius 2 is 1.88 bits per heavy atom. The lowest BCUT2D eigenvalue weighted by molar-refractivity contribution is 0.00858. The molecule has 142 valence electrons. The molecule has 6 heteroatoms. The van der Waals surface area contributed by atoms with Crippen LogP contribution in [0.15, 0.2) is 24.5 Å². The molecule has 0 radical (unpaired) electrons. The van der Waals surface area contributed by atoms with E-state index in [2.05, 4.69) is 14.9 Å². The molecular weight excluding hydrogens is 328 g/mol. The van der Waals surface area contributed by atoms with Gasteiger partial charge < -0.3 is 15.6 Å². The summed E-state index contributed by atoms with van der Waals surface area (Å²) < 4.78 is 5.35. The van der Waals surface area contributed by atoms with Crippen molar-refractivity contribution in [2.45, 2.75) is 44.6 Å². The molecule has 1 saturated carbocycles. The van der Waals surface area contributed by atoms with Crippen LogP contribution < -0.4 is 5.73 Å². The average molecular weight is 358 g/mol. The third-order valence-electron chi connectivity index (χ3n) is 5.27. The summed E-state index contributed by atoms with van der Waals surface area (Å²) in [5.41, 5.74) is 7.58. The quantitative estimate of drug-likeness (QED) is 0.876. The summed E-state index contributed by atoms with van der Waals surface area (Å²) in [4.78, 5) is 10.6. The Morgan fingerprint density at radius 1 is 1.12 bits per heavy atom. The predicted molar refractivity (Wildman–Crippen MR) is 104 cm³/mol. The van der Waals surface area contributed by atoms with E-state index in [1.165, 1.54) is 51.5 Å². The number of nitrogens with zero attached hydrogens (tertiary/aromatic N) is 3. The molecule has 2 heterocycles. The Balaban J connectivity index is 0.000000152. The van der Waals surface area contributed by atoms with Gasteiger partial charge in [0.15, 0.2) is 0 Å². The van der Waals surface area contributed by atoms with Gasteiger partial charge in [-0.15, -0.1) is 0 Å². The molecular formula is C20H30N4O2. The number of hydrogen-bond acceptors (Lipinski definition) is 6. The first-order valence-electron chi connectivity index (χ1n) is 9.69. The monoisotopic (exact) mass is 358 g/mol. The molecule has 1 aromatic carbocycles. The molecule has 6 nitrogen and oxygen atoms in total. The van der Waals surface area contributed by atoms with Crippen LogP contribution in [0.4, 0.5) is 5.82 Å². The van der Waals surface area contributed by atoms with Gasteiger partial charge >= 0.3 is 0 Å². The Hall–Kier alpha value is -1.76. The van der Waals surface area contributed by atoms with E-state index in [0.29, 0.717) is 12.2 Å². The summed E-state index contributed by atoms with van der Waals surface area (Å²) in [6, 6.07) is 6.63. The maximum Gasteiger partial charge on any atom is 0.134 e. The highest BCUT2D eigenvalue weighted by Gasteiger charge is 2.22. The molecule has 4 rings (SSSR count). The summed E-state index contributed by atoms with van der Waals surface area (Å²) >= 11 is 0. The van der Waals surface area contributed by atoms with Gasteiger partial charge in [0.1, 0.15) is 12.1 Å². The van der Waals surface area contributed by atoms with E-state index in [1.807, 2.05) is 18.2 Å². The van der Waals surface area contributed by atoms with Crippen LogP contribution in [0.3, 0.4) is 0 Å². The second-order valence-corrected chi connectivity index (χ2v) is 7.02. The minimum Gasteiger partial charge on any atom is -0.396 e. The Labute approximate surface area is 155 Å². The number of ether oxygens (including phenoxy) is 1. The number of nitrogens with two attached hydrogens (primary N) is 1. The number of aliphatic hydroxyl groups excluding tert-OH is 1. The van der Waals surface area contributed by atoms with Gasteiger partial charge in [-0.3, -0.25) is 4.90 Å². The number of morpholine rings is 1. The molecule has 1 aliphatic carbocycles. The molecule has 26 heavy (non-hydrogen) atoms. The summed E-state index contributed by atoms with van der Waals surface area (Å²) in [7, 11) is 0. The highest BCUT2D eigenvalue weighted by atomic mass is 16.5. The third-order valence-corrected chi connectivity index (χ3v) is 5.27. The van der Waals surface area contributed by atoms with Crippen LogP contribution in [0.2, 0.25) is 0 Å². The van der Waals surface area contributed by atoms with Crippen LogP contribution in [0.1, 0.15) is 37.7 Å². The number of fused-ring (bicyclic) bond motifs is 1. The third kappa shape index (κ3) is 5.13. The largest absolute Gasteiger partial charge is 0.396 e.